The Morgan fingerprint density at radius 2 is 1.05 bits per heavy atom. The van der Waals surface area contributed by atoms with Crippen LogP contribution in [0.1, 0.15) is 96.8 Å². The van der Waals surface area contributed by atoms with Crippen molar-refractivity contribution in [1.29, 1.82) is 0 Å². The molecule has 0 radical (unpaired) electrons. The van der Waals surface area contributed by atoms with Crippen LogP contribution in [0.15, 0.2) is 0 Å². The molecule has 0 aromatic carbocycles. The maximum Gasteiger partial charge on any atom is 0.273 e. The van der Waals surface area contributed by atoms with E-state index in [1.165, 1.54) is 64.2 Å². The van der Waals surface area contributed by atoms with Crippen LogP contribution < -0.4 is 0 Å². The SMILES string of the molecule is CCCCCCCCCCCCCCCC(=O)N(O)O. The van der Waals surface area contributed by atoms with Gasteiger partial charge in [0.1, 0.15) is 0 Å². The van der Waals surface area contributed by atoms with Crippen LogP contribution in [0.25, 0.3) is 0 Å². The number of carbonyl (C=O) groups excluding carboxylic acids is 1. The van der Waals surface area contributed by atoms with Crippen molar-refractivity contribution in [3.63, 3.8) is 0 Å². The van der Waals surface area contributed by atoms with Crippen LogP contribution in [0.4, 0.5) is 0 Å². The van der Waals surface area contributed by atoms with Crippen LogP contribution in [0.5, 0.6) is 0 Å². The first-order chi connectivity index (χ1) is 9.68. The molecule has 0 bridgehead atoms. The molecule has 0 aromatic heterocycles. The number of carbonyl (C=O) groups is 1. The smallest absolute Gasteiger partial charge is 0.270 e. The molecule has 20 heavy (non-hydrogen) atoms. The normalized spacial score (nSPS) is 10.8. The van der Waals surface area contributed by atoms with E-state index in [2.05, 4.69) is 6.92 Å². The minimum atomic E-state index is -0.618. The highest BCUT2D eigenvalue weighted by Gasteiger charge is 2.06. The largest absolute Gasteiger partial charge is 0.273 e. The molecule has 0 aromatic rings. The second-order valence-corrected chi connectivity index (χ2v) is 5.68. The Morgan fingerprint density at radius 3 is 1.40 bits per heavy atom. The minimum Gasteiger partial charge on any atom is -0.270 e. The lowest BCUT2D eigenvalue weighted by atomic mass is 10.0. The molecule has 1 amide bonds. The van der Waals surface area contributed by atoms with Crippen molar-refractivity contribution in [3.05, 3.63) is 0 Å². The molecule has 0 aliphatic carbocycles. The number of rotatable bonds is 14. The van der Waals surface area contributed by atoms with Crippen molar-refractivity contribution in [2.45, 2.75) is 96.8 Å². The number of hydrogen-bond donors (Lipinski definition) is 2. The van der Waals surface area contributed by atoms with E-state index in [-0.39, 0.29) is 11.6 Å². The summed E-state index contributed by atoms with van der Waals surface area (Å²) in [4.78, 5) is 10.9. The van der Waals surface area contributed by atoms with Crippen LogP contribution in [0.3, 0.4) is 0 Å². The highest BCUT2D eigenvalue weighted by molar-refractivity contribution is 5.73. The second-order valence-electron chi connectivity index (χ2n) is 5.68. The maximum atomic E-state index is 10.9. The van der Waals surface area contributed by atoms with Crippen LogP contribution in [-0.4, -0.2) is 21.5 Å². The Morgan fingerprint density at radius 1 is 0.700 bits per heavy atom. The summed E-state index contributed by atoms with van der Waals surface area (Å²) >= 11 is 0. The third-order valence-electron chi connectivity index (χ3n) is 3.72. The van der Waals surface area contributed by atoms with Gasteiger partial charge in [0, 0.05) is 6.42 Å². The zero-order chi connectivity index (χ0) is 15.1. The average molecular weight is 287 g/mol. The minimum absolute atomic E-state index is 0.227. The fraction of sp³-hybridized carbons (Fsp3) is 0.938. The third-order valence-corrected chi connectivity index (χ3v) is 3.72. The quantitative estimate of drug-likeness (QED) is 0.266. The Labute approximate surface area is 124 Å². The molecule has 0 heterocycles. The van der Waals surface area contributed by atoms with E-state index in [1.54, 1.807) is 0 Å². The zero-order valence-corrected chi connectivity index (χ0v) is 13.1. The summed E-state index contributed by atoms with van der Waals surface area (Å²) < 4.78 is 0. The van der Waals surface area contributed by atoms with Crippen molar-refractivity contribution in [2.24, 2.45) is 0 Å². The van der Waals surface area contributed by atoms with Gasteiger partial charge in [0.25, 0.3) is 5.91 Å². The van der Waals surface area contributed by atoms with Crippen molar-refractivity contribution in [1.82, 2.24) is 5.23 Å². The molecule has 0 saturated carbocycles. The first-order valence-corrected chi connectivity index (χ1v) is 8.39. The molecule has 0 aliphatic heterocycles. The van der Waals surface area contributed by atoms with Gasteiger partial charge in [-0.2, -0.15) is 0 Å². The Kier molecular flexibility index (Phi) is 14.3. The second kappa shape index (κ2) is 14.8. The highest BCUT2D eigenvalue weighted by Crippen LogP contribution is 2.13. The molecule has 120 valence electrons. The number of amides is 1. The summed E-state index contributed by atoms with van der Waals surface area (Å²) in [6.45, 7) is 2.25. The molecular formula is C16H33NO3. The van der Waals surface area contributed by atoms with Gasteiger partial charge >= 0.3 is 0 Å². The highest BCUT2D eigenvalue weighted by atomic mass is 16.8. The number of hydrogen-bond acceptors (Lipinski definition) is 3. The molecule has 4 nitrogen and oxygen atoms in total. The van der Waals surface area contributed by atoms with Gasteiger partial charge in [0.2, 0.25) is 0 Å². The van der Waals surface area contributed by atoms with Crippen LogP contribution in [-0.2, 0) is 4.79 Å². The van der Waals surface area contributed by atoms with Gasteiger partial charge in [-0.3, -0.25) is 15.2 Å². The lowest BCUT2D eigenvalue weighted by Gasteiger charge is -2.05. The molecule has 0 atom stereocenters. The fourth-order valence-electron chi connectivity index (χ4n) is 2.39. The summed E-state index contributed by atoms with van der Waals surface area (Å²) in [5.74, 6) is -0.618. The van der Waals surface area contributed by atoms with Gasteiger partial charge in [-0.05, 0) is 6.42 Å². The van der Waals surface area contributed by atoms with Gasteiger partial charge < -0.3 is 0 Å². The van der Waals surface area contributed by atoms with E-state index in [4.69, 9.17) is 10.4 Å². The molecule has 0 aliphatic rings. The van der Waals surface area contributed by atoms with Gasteiger partial charge in [0.05, 0.1) is 0 Å². The predicted molar refractivity (Wildman–Crippen MR) is 80.7 cm³/mol. The molecule has 0 spiro atoms. The molecule has 0 rings (SSSR count). The molecule has 4 heteroatoms. The Balaban J connectivity index is 3.04. The molecule has 0 fully saturated rings. The summed E-state index contributed by atoms with van der Waals surface area (Å²) in [5, 5.41) is 16.6. The van der Waals surface area contributed by atoms with E-state index in [9.17, 15) is 4.79 Å². The van der Waals surface area contributed by atoms with Crippen LogP contribution >= 0.6 is 0 Å². The number of unbranched alkanes of at least 4 members (excludes halogenated alkanes) is 12. The predicted octanol–water partition coefficient (Wildman–Crippen LogP) is 5.07. The van der Waals surface area contributed by atoms with Crippen LogP contribution in [0.2, 0.25) is 0 Å². The van der Waals surface area contributed by atoms with E-state index >= 15 is 0 Å². The van der Waals surface area contributed by atoms with Crippen LogP contribution in [0, 0.1) is 0 Å². The third kappa shape index (κ3) is 13.8. The first-order valence-electron chi connectivity index (χ1n) is 8.39. The van der Waals surface area contributed by atoms with E-state index in [1.807, 2.05) is 0 Å². The Bertz CT molecular complexity index is 220. The molecule has 2 N–H and O–H groups in total. The van der Waals surface area contributed by atoms with Crippen molar-refractivity contribution in [3.8, 4) is 0 Å². The summed E-state index contributed by atoms with van der Waals surface area (Å²) in [5.41, 5.74) is 0. The standard InChI is InChI=1S/C16H33NO3/c1-2-3-4-5-6-7-8-9-10-11-12-13-14-15-16(18)17(19)20/h19-20H,2-15H2,1H3. The van der Waals surface area contributed by atoms with Crippen molar-refractivity contribution < 1.29 is 15.2 Å². The topological polar surface area (TPSA) is 60.8 Å². The molecule has 0 saturated heterocycles. The number of hydroxylamine groups is 2. The first kappa shape index (κ1) is 19.4. The van der Waals surface area contributed by atoms with Gasteiger partial charge in [0.15, 0.2) is 0 Å². The molecule has 0 unspecified atom stereocenters. The van der Waals surface area contributed by atoms with E-state index in [0.29, 0.717) is 0 Å². The monoisotopic (exact) mass is 287 g/mol. The van der Waals surface area contributed by atoms with Gasteiger partial charge in [-0.1, -0.05) is 89.2 Å². The Hall–Kier alpha value is -0.610. The lowest BCUT2D eigenvalue weighted by Crippen LogP contribution is -2.22. The average Bonchev–Trinajstić information content (AvgIpc) is 2.43. The van der Waals surface area contributed by atoms with Gasteiger partial charge in [-0.25, -0.2) is 0 Å². The maximum absolute atomic E-state index is 10.9. The van der Waals surface area contributed by atoms with Crippen molar-refractivity contribution in [2.75, 3.05) is 0 Å². The summed E-state index contributed by atoms with van der Waals surface area (Å²) in [6.07, 6.45) is 16.6. The van der Waals surface area contributed by atoms with E-state index in [0.717, 1.165) is 19.3 Å². The molecular weight excluding hydrogens is 254 g/mol. The zero-order valence-electron chi connectivity index (χ0n) is 13.1. The van der Waals surface area contributed by atoms with E-state index < -0.39 is 5.91 Å². The summed E-state index contributed by atoms with van der Waals surface area (Å²) in [6, 6.07) is 0. The lowest BCUT2D eigenvalue weighted by molar-refractivity contribution is -0.285. The van der Waals surface area contributed by atoms with Gasteiger partial charge in [-0.15, -0.1) is 0 Å². The fourth-order valence-corrected chi connectivity index (χ4v) is 2.39. The summed E-state index contributed by atoms with van der Waals surface area (Å²) in [7, 11) is 0. The van der Waals surface area contributed by atoms with Crippen molar-refractivity contribution >= 4 is 5.91 Å². The number of nitrogens with zero attached hydrogens (tertiary/aromatic N) is 1.